The molecule has 0 spiro atoms. The van der Waals surface area contributed by atoms with Gasteiger partial charge in [0.25, 0.3) is 11.8 Å². The molecule has 44 heavy (non-hydrogen) atoms. The molecule has 4 N–H and O–H groups in total. The Morgan fingerprint density at radius 2 is 0.750 bits per heavy atom. The Labute approximate surface area is 257 Å². The standard InChI is InChI=1S/C36H36N4O4/c1-23-7-3-5-9-31(23)35(43)39-29-19-15-27(16-20-29)37-33(41)25-11-13-26(14-12-25)34(42)38-28-17-21-30(22-18-28)40-36(44)32-10-6-4-8-24(32)2/h3-10,15-22,25-26H,11-14H2,1-2H3,(H,37,41)(H,38,42)(H,39,43)(H,40,44). The summed E-state index contributed by atoms with van der Waals surface area (Å²) in [5, 5.41) is 11.7. The Morgan fingerprint density at radius 1 is 0.455 bits per heavy atom. The maximum atomic E-state index is 12.9. The minimum atomic E-state index is -0.180. The highest BCUT2D eigenvalue weighted by molar-refractivity contribution is 6.06. The molecular formula is C36H36N4O4. The number of nitrogens with one attached hydrogen (secondary N) is 4. The number of carbonyl (C=O) groups excluding carboxylic acids is 4. The number of anilines is 4. The Morgan fingerprint density at radius 3 is 1.07 bits per heavy atom. The summed E-state index contributed by atoms with van der Waals surface area (Å²) in [6.45, 7) is 3.78. The molecule has 4 amide bonds. The predicted octanol–water partition coefficient (Wildman–Crippen LogP) is 7.19. The first-order chi connectivity index (χ1) is 21.3. The average Bonchev–Trinajstić information content (AvgIpc) is 3.03. The highest BCUT2D eigenvalue weighted by Gasteiger charge is 2.30. The van der Waals surface area contributed by atoms with Gasteiger partial charge in [0.05, 0.1) is 0 Å². The molecule has 4 aromatic carbocycles. The summed E-state index contributed by atoms with van der Waals surface area (Å²) < 4.78 is 0. The molecule has 224 valence electrons. The summed E-state index contributed by atoms with van der Waals surface area (Å²) in [4.78, 5) is 51.0. The first kappa shape index (κ1) is 30.2. The molecule has 1 aliphatic carbocycles. The van der Waals surface area contributed by atoms with E-state index in [1.165, 1.54) is 0 Å². The van der Waals surface area contributed by atoms with Gasteiger partial charge in [-0.1, -0.05) is 36.4 Å². The van der Waals surface area contributed by atoms with E-state index in [1.54, 1.807) is 60.7 Å². The fourth-order valence-electron chi connectivity index (χ4n) is 5.43. The molecule has 0 saturated heterocycles. The zero-order valence-corrected chi connectivity index (χ0v) is 24.9. The van der Waals surface area contributed by atoms with Gasteiger partial charge in [0.2, 0.25) is 11.8 Å². The van der Waals surface area contributed by atoms with Crippen molar-refractivity contribution >= 4 is 46.4 Å². The van der Waals surface area contributed by atoms with Crippen molar-refractivity contribution < 1.29 is 19.2 Å². The van der Waals surface area contributed by atoms with Crippen molar-refractivity contribution in [1.82, 2.24) is 0 Å². The Hall–Kier alpha value is -5.24. The number of hydrogen-bond donors (Lipinski definition) is 4. The van der Waals surface area contributed by atoms with Crippen LogP contribution in [0.2, 0.25) is 0 Å². The third-order valence-corrected chi connectivity index (χ3v) is 8.07. The highest BCUT2D eigenvalue weighted by atomic mass is 16.2. The Bertz CT molecular complexity index is 1530. The van der Waals surface area contributed by atoms with E-state index in [9.17, 15) is 19.2 Å². The zero-order chi connectivity index (χ0) is 31.1. The molecule has 1 aliphatic rings. The lowest BCUT2D eigenvalue weighted by Crippen LogP contribution is -2.32. The van der Waals surface area contributed by atoms with Crippen molar-refractivity contribution in [2.75, 3.05) is 21.3 Å². The smallest absolute Gasteiger partial charge is 0.255 e. The first-order valence-corrected chi connectivity index (χ1v) is 14.8. The number of hydrogen-bond acceptors (Lipinski definition) is 4. The molecule has 8 heteroatoms. The maximum absolute atomic E-state index is 12.9. The van der Waals surface area contributed by atoms with Crippen LogP contribution in [0.15, 0.2) is 97.1 Å². The third kappa shape index (κ3) is 7.58. The van der Waals surface area contributed by atoms with Crippen molar-refractivity contribution in [3.05, 3.63) is 119 Å². The summed E-state index contributed by atoms with van der Waals surface area (Å²) >= 11 is 0. The van der Waals surface area contributed by atoms with Crippen molar-refractivity contribution in [1.29, 1.82) is 0 Å². The minimum absolute atomic E-state index is 0.0658. The first-order valence-electron chi connectivity index (χ1n) is 14.8. The topological polar surface area (TPSA) is 116 Å². The third-order valence-electron chi connectivity index (χ3n) is 8.07. The van der Waals surface area contributed by atoms with Crippen LogP contribution < -0.4 is 21.3 Å². The van der Waals surface area contributed by atoms with Gasteiger partial charge in [-0.2, -0.15) is 0 Å². The van der Waals surface area contributed by atoms with Crippen molar-refractivity contribution in [2.24, 2.45) is 11.8 Å². The van der Waals surface area contributed by atoms with Gasteiger partial charge < -0.3 is 21.3 Å². The molecule has 0 bridgehead atoms. The largest absolute Gasteiger partial charge is 0.326 e. The van der Waals surface area contributed by atoms with E-state index in [0.29, 0.717) is 59.6 Å². The van der Waals surface area contributed by atoms with Gasteiger partial charge in [-0.05, 0) is 111 Å². The average molecular weight is 589 g/mol. The number of benzene rings is 4. The van der Waals surface area contributed by atoms with Crippen molar-refractivity contribution in [3.63, 3.8) is 0 Å². The van der Waals surface area contributed by atoms with Crippen molar-refractivity contribution in [3.8, 4) is 0 Å². The van der Waals surface area contributed by atoms with E-state index >= 15 is 0 Å². The van der Waals surface area contributed by atoms with Crippen molar-refractivity contribution in [2.45, 2.75) is 39.5 Å². The van der Waals surface area contributed by atoms with Crippen LogP contribution in [0.25, 0.3) is 0 Å². The van der Waals surface area contributed by atoms with Gasteiger partial charge in [-0.15, -0.1) is 0 Å². The van der Waals surface area contributed by atoms with Gasteiger partial charge in [0, 0.05) is 45.7 Å². The van der Waals surface area contributed by atoms with E-state index in [0.717, 1.165) is 11.1 Å². The summed E-state index contributed by atoms with van der Waals surface area (Å²) in [6.07, 6.45) is 2.49. The fourth-order valence-corrected chi connectivity index (χ4v) is 5.43. The quantitative estimate of drug-likeness (QED) is 0.174. The predicted molar refractivity (Wildman–Crippen MR) is 174 cm³/mol. The molecule has 5 rings (SSSR count). The maximum Gasteiger partial charge on any atom is 0.255 e. The molecule has 4 aromatic rings. The van der Waals surface area contributed by atoms with E-state index in [1.807, 2.05) is 50.2 Å². The monoisotopic (exact) mass is 588 g/mol. The molecule has 0 heterocycles. The Kier molecular flexibility index (Phi) is 9.49. The second-order valence-electron chi connectivity index (χ2n) is 11.2. The van der Waals surface area contributed by atoms with Crippen LogP contribution in [0.4, 0.5) is 22.7 Å². The van der Waals surface area contributed by atoms with Gasteiger partial charge >= 0.3 is 0 Å². The summed E-state index contributed by atoms with van der Waals surface area (Å²) in [7, 11) is 0. The lowest BCUT2D eigenvalue weighted by molar-refractivity contribution is -0.125. The molecule has 0 unspecified atom stereocenters. The second-order valence-corrected chi connectivity index (χ2v) is 11.2. The number of rotatable bonds is 8. The summed E-state index contributed by atoms with van der Waals surface area (Å²) in [5.41, 5.74) is 5.63. The fraction of sp³-hybridized carbons (Fsp3) is 0.222. The molecule has 8 nitrogen and oxygen atoms in total. The number of aryl methyl sites for hydroxylation is 2. The van der Waals surface area contributed by atoms with E-state index in [2.05, 4.69) is 21.3 Å². The molecular weight excluding hydrogens is 552 g/mol. The van der Waals surface area contributed by atoms with Gasteiger partial charge in [-0.3, -0.25) is 19.2 Å². The van der Waals surface area contributed by atoms with Crippen LogP contribution in [0.5, 0.6) is 0 Å². The zero-order valence-electron chi connectivity index (χ0n) is 24.9. The van der Waals surface area contributed by atoms with Crippen LogP contribution in [0.3, 0.4) is 0 Å². The minimum Gasteiger partial charge on any atom is -0.326 e. The number of amides is 4. The lowest BCUT2D eigenvalue weighted by Gasteiger charge is -2.27. The van der Waals surface area contributed by atoms with E-state index < -0.39 is 0 Å². The van der Waals surface area contributed by atoms with Crippen LogP contribution >= 0.6 is 0 Å². The molecule has 0 aromatic heterocycles. The number of carbonyl (C=O) groups is 4. The molecule has 0 atom stereocenters. The van der Waals surface area contributed by atoms with E-state index in [-0.39, 0.29) is 35.5 Å². The van der Waals surface area contributed by atoms with Gasteiger partial charge in [0.15, 0.2) is 0 Å². The van der Waals surface area contributed by atoms with Crippen LogP contribution in [-0.2, 0) is 9.59 Å². The lowest BCUT2D eigenvalue weighted by atomic mass is 9.81. The normalized spacial score (nSPS) is 16.0. The van der Waals surface area contributed by atoms with Gasteiger partial charge in [-0.25, -0.2) is 0 Å². The van der Waals surface area contributed by atoms with Crippen LogP contribution in [0.1, 0.15) is 57.5 Å². The Balaban J connectivity index is 1.06. The summed E-state index contributed by atoms with van der Waals surface area (Å²) in [6, 6.07) is 28.9. The SMILES string of the molecule is Cc1ccccc1C(=O)Nc1ccc(NC(=O)C2CCC(C(=O)Nc3ccc(NC(=O)c4ccccc4C)cc3)CC2)cc1. The van der Waals surface area contributed by atoms with Gasteiger partial charge in [0.1, 0.15) is 0 Å². The van der Waals surface area contributed by atoms with Crippen LogP contribution in [-0.4, -0.2) is 23.6 Å². The van der Waals surface area contributed by atoms with E-state index in [4.69, 9.17) is 0 Å². The molecule has 0 aliphatic heterocycles. The molecule has 1 fully saturated rings. The highest BCUT2D eigenvalue weighted by Crippen LogP contribution is 2.31. The summed E-state index contributed by atoms with van der Waals surface area (Å²) in [5.74, 6) is -0.834. The molecule has 1 saturated carbocycles. The second kappa shape index (κ2) is 13.8. The van der Waals surface area contributed by atoms with Crippen LogP contribution in [0, 0.1) is 25.7 Å². The molecule has 0 radical (unpaired) electrons.